The van der Waals surface area contributed by atoms with Crippen LogP contribution < -0.4 is 0 Å². The molecule has 0 radical (unpaired) electrons. The minimum atomic E-state index is 0.460. The molecule has 30 heavy (non-hydrogen) atoms. The van der Waals surface area contributed by atoms with Crippen LogP contribution in [0.3, 0.4) is 0 Å². The van der Waals surface area contributed by atoms with E-state index < -0.39 is 0 Å². The minimum Gasteiger partial charge on any atom is -0.455 e. The van der Waals surface area contributed by atoms with Crippen LogP contribution in [-0.2, 0) is 0 Å². The molecule has 5 rings (SSSR count). The summed E-state index contributed by atoms with van der Waals surface area (Å²) in [6.07, 6.45) is 1.89. The van der Waals surface area contributed by atoms with Gasteiger partial charge in [0.15, 0.2) is 0 Å². The van der Waals surface area contributed by atoms with E-state index in [0.29, 0.717) is 5.92 Å². The SMILES string of the molecule is Cc1cccc(C)c1-c1ccc2c(c1)oc1c(-c3cc(C(C)C)ccn3)cccc12. The number of rotatable bonds is 3. The van der Waals surface area contributed by atoms with Crippen LogP contribution in [0.1, 0.15) is 36.5 Å². The maximum absolute atomic E-state index is 6.44. The fourth-order valence-electron chi connectivity index (χ4n) is 4.38. The van der Waals surface area contributed by atoms with Gasteiger partial charge in [-0.2, -0.15) is 0 Å². The van der Waals surface area contributed by atoms with Crippen LogP contribution in [-0.4, -0.2) is 4.98 Å². The first-order chi connectivity index (χ1) is 14.5. The molecule has 0 N–H and O–H groups in total. The summed E-state index contributed by atoms with van der Waals surface area (Å²) in [5.41, 5.74) is 10.1. The number of fused-ring (bicyclic) bond motifs is 3. The highest BCUT2D eigenvalue weighted by Gasteiger charge is 2.15. The molecule has 0 fully saturated rings. The minimum absolute atomic E-state index is 0.460. The highest BCUT2D eigenvalue weighted by Crippen LogP contribution is 2.38. The smallest absolute Gasteiger partial charge is 0.144 e. The van der Waals surface area contributed by atoms with E-state index >= 15 is 0 Å². The molecule has 0 saturated carbocycles. The predicted molar refractivity (Wildman–Crippen MR) is 126 cm³/mol. The van der Waals surface area contributed by atoms with Crippen LogP contribution in [0.25, 0.3) is 44.3 Å². The zero-order valence-corrected chi connectivity index (χ0v) is 17.9. The second kappa shape index (κ2) is 7.14. The molecule has 0 spiro atoms. The van der Waals surface area contributed by atoms with E-state index in [4.69, 9.17) is 4.42 Å². The van der Waals surface area contributed by atoms with Crippen LogP contribution in [0.15, 0.2) is 77.3 Å². The number of pyridine rings is 1. The number of hydrogen-bond donors (Lipinski definition) is 0. The lowest BCUT2D eigenvalue weighted by Gasteiger charge is -2.09. The molecular formula is C28H25NO. The van der Waals surface area contributed by atoms with Gasteiger partial charge in [-0.25, -0.2) is 0 Å². The van der Waals surface area contributed by atoms with Crippen molar-refractivity contribution in [2.75, 3.05) is 0 Å². The summed E-state index contributed by atoms with van der Waals surface area (Å²) in [4.78, 5) is 4.64. The molecule has 0 unspecified atom stereocenters. The molecule has 2 aromatic heterocycles. The standard InChI is InChI=1S/C28H25NO/c1-17(2)20-13-14-29-25(15-20)24-10-6-9-23-22-12-11-21(16-26(22)30-28(23)24)27-18(3)7-5-8-19(27)4/h5-17H,1-4H3. The zero-order chi connectivity index (χ0) is 20.8. The Kier molecular flexibility index (Phi) is 4.43. The molecule has 0 atom stereocenters. The quantitative estimate of drug-likeness (QED) is 0.311. The van der Waals surface area contributed by atoms with Crippen molar-refractivity contribution in [2.24, 2.45) is 0 Å². The molecule has 0 aliphatic heterocycles. The number of nitrogens with zero attached hydrogens (tertiary/aromatic N) is 1. The molecule has 2 heteroatoms. The number of benzene rings is 3. The number of aryl methyl sites for hydroxylation is 2. The molecule has 2 nitrogen and oxygen atoms in total. The normalized spacial score (nSPS) is 11.6. The van der Waals surface area contributed by atoms with Crippen LogP contribution in [0.5, 0.6) is 0 Å². The van der Waals surface area contributed by atoms with Gasteiger partial charge in [-0.3, -0.25) is 4.98 Å². The van der Waals surface area contributed by atoms with Crippen molar-refractivity contribution in [3.8, 4) is 22.4 Å². The average Bonchev–Trinajstić information content (AvgIpc) is 3.11. The molecule has 2 heterocycles. The van der Waals surface area contributed by atoms with Gasteiger partial charge in [0.2, 0.25) is 0 Å². The van der Waals surface area contributed by atoms with Gasteiger partial charge in [-0.05, 0) is 77.9 Å². The fraction of sp³-hybridized carbons (Fsp3) is 0.179. The molecule has 0 bridgehead atoms. The van der Waals surface area contributed by atoms with Crippen LogP contribution in [0.2, 0.25) is 0 Å². The van der Waals surface area contributed by atoms with Gasteiger partial charge in [-0.15, -0.1) is 0 Å². The van der Waals surface area contributed by atoms with Crippen molar-refractivity contribution >= 4 is 21.9 Å². The predicted octanol–water partition coefficient (Wildman–Crippen LogP) is 8.06. The number of hydrogen-bond acceptors (Lipinski definition) is 2. The van der Waals surface area contributed by atoms with E-state index in [0.717, 1.165) is 33.2 Å². The fourth-order valence-corrected chi connectivity index (χ4v) is 4.38. The largest absolute Gasteiger partial charge is 0.455 e. The van der Waals surface area contributed by atoms with Gasteiger partial charge in [0.25, 0.3) is 0 Å². The van der Waals surface area contributed by atoms with Crippen molar-refractivity contribution in [3.05, 3.63) is 89.6 Å². The monoisotopic (exact) mass is 391 g/mol. The van der Waals surface area contributed by atoms with Crippen molar-refractivity contribution in [1.29, 1.82) is 0 Å². The lowest BCUT2D eigenvalue weighted by molar-refractivity contribution is 0.670. The molecule has 0 aliphatic carbocycles. The topological polar surface area (TPSA) is 26.0 Å². The van der Waals surface area contributed by atoms with E-state index in [1.807, 2.05) is 6.20 Å². The van der Waals surface area contributed by atoms with Gasteiger partial charge in [-0.1, -0.05) is 50.2 Å². The molecule has 0 saturated heterocycles. The first-order valence-corrected chi connectivity index (χ1v) is 10.5. The zero-order valence-electron chi connectivity index (χ0n) is 17.9. The van der Waals surface area contributed by atoms with Gasteiger partial charge in [0.1, 0.15) is 11.2 Å². The van der Waals surface area contributed by atoms with E-state index in [9.17, 15) is 0 Å². The summed E-state index contributed by atoms with van der Waals surface area (Å²) >= 11 is 0. The molecule has 3 aromatic carbocycles. The van der Waals surface area contributed by atoms with E-state index in [-0.39, 0.29) is 0 Å². The first kappa shape index (κ1) is 18.6. The van der Waals surface area contributed by atoms with Crippen molar-refractivity contribution in [3.63, 3.8) is 0 Å². The average molecular weight is 392 g/mol. The molecule has 0 amide bonds. The van der Waals surface area contributed by atoms with Gasteiger partial charge in [0, 0.05) is 22.5 Å². The first-order valence-electron chi connectivity index (χ1n) is 10.5. The van der Waals surface area contributed by atoms with Crippen molar-refractivity contribution in [1.82, 2.24) is 4.98 Å². The highest BCUT2D eigenvalue weighted by molar-refractivity contribution is 6.10. The molecular weight excluding hydrogens is 366 g/mol. The second-order valence-electron chi connectivity index (χ2n) is 8.39. The summed E-state index contributed by atoms with van der Waals surface area (Å²) in [5, 5.41) is 2.27. The maximum Gasteiger partial charge on any atom is 0.144 e. The second-order valence-corrected chi connectivity index (χ2v) is 8.39. The van der Waals surface area contributed by atoms with Crippen molar-refractivity contribution in [2.45, 2.75) is 33.6 Å². The van der Waals surface area contributed by atoms with E-state index in [2.05, 4.69) is 99.4 Å². The Morgan fingerprint density at radius 2 is 1.57 bits per heavy atom. The van der Waals surface area contributed by atoms with Crippen LogP contribution >= 0.6 is 0 Å². The lowest BCUT2D eigenvalue weighted by Crippen LogP contribution is -1.90. The van der Waals surface area contributed by atoms with E-state index in [1.165, 1.54) is 27.8 Å². The van der Waals surface area contributed by atoms with Gasteiger partial charge >= 0.3 is 0 Å². The van der Waals surface area contributed by atoms with Gasteiger partial charge in [0.05, 0.1) is 5.69 Å². The summed E-state index contributed by atoms with van der Waals surface area (Å²) in [6.45, 7) is 8.74. The number of para-hydroxylation sites is 1. The Labute approximate surface area is 177 Å². The van der Waals surface area contributed by atoms with Crippen LogP contribution in [0, 0.1) is 13.8 Å². The Bertz CT molecular complexity index is 1370. The molecule has 5 aromatic rings. The summed E-state index contributed by atoms with van der Waals surface area (Å²) < 4.78 is 6.44. The Morgan fingerprint density at radius 1 is 0.800 bits per heavy atom. The Balaban J connectivity index is 1.72. The van der Waals surface area contributed by atoms with Gasteiger partial charge < -0.3 is 4.42 Å². The van der Waals surface area contributed by atoms with Crippen molar-refractivity contribution < 1.29 is 4.42 Å². The summed E-state index contributed by atoms with van der Waals surface area (Å²) in [6, 6.07) is 23.6. The highest BCUT2D eigenvalue weighted by atomic mass is 16.3. The Morgan fingerprint density at radius 3 is 2.33 bits per heavy atom. The number of aromatic nitrogens is 1. The third-order valence-electron chi connectivity index (χ3n) is 6.00. The molecule has 148 valence electrons. The Hall–Kier alpha value is -3.39. The molecule has 0 aliphatic rings. The van der Waals surface area contributed by atoms with Crippen LogP contribution in [0.4, 0.5) is 0 Å². The van der Waals surface area contributed by atoms with E-state index in [1.54, 1.807) is 0 Å². The summed E-state index contributed by atoms with van der Waals surface area (Å²) in [7, 11) is 0. The number of furan rings is 1. The lowest BCUT2D eigenvalue weighted by atomic mass is 9.95. The third-order valence-corrected chi connectivity index (χ3v) is 6.00. The third kappa shape index (κ3) is 3.00. The summed E-state index contributed by atoms with van der Waals surface area (Å²) in [5.74, 6) is 0.460. The maximum atomic E-state index is 6.44.